The molecule has 43 heavy (non-hydrogen) atoms. The smallest absolute Gasteiger partial charge is 0.0523 e. The molecule has 0 fully saturated rings. The number of aryl methyl sites for hydroxylation is 2. The molecular weight excluding hydrogens is 541 g/mol. The minimum atomic E-state index is 0.350. The molecule has 4 aliphatic rings. The normalized spacial score (nSPS) is 23.7. The van der Waals surface area contributed by atoms with Gasteiger partial charge in [0.25, 0.3) is 0 Å². The summed E-state index contributed by atoms with van der Waals surface area (Å²) in [4.78, 5) is 5.21. The van der Waals surface area contributed by atoms with Gasteiger partial charge < -0.3 is 9.80 Å². The zero-order chi connectivity index (χ0) is 29.2. The molecule has 2 aliphatic carbocycles. The van der Waals surface area contributed by atoms with E-state index in [-0.39, 0.29) is 0 Å². The third kappa shape index (κ3) is 4.31. The average molecular weight is 581 g/mol. The standard InChI is InChI=1S/C40H40N2S/c1-25-23-33-31(13-9-17-37(33)41-27(3)19-21-29-11-5-7-15-35(29)41)39(25)43-40-26(2)24-34-32(40)14-10-18-38(34)42-28(4)20-22-30-12-6-8-16-36(30)42/h5-18,23-24,27-28,39-40H,19-22H2,1-4H3. The van der Waals surface area contributed by atoms with Gasteiger partial charge in [-0.25, -0.2) is 0 Å². The van der Waals surface area contributed by atoms with Crippen LogP contribution in [0.3, 0.4) is 0 Å². The number of benzene rings is 4. The van der Waals surface area contributed by atoms with Gasteiger partial charge in [-0.1, -0.05) is 84.0 Å². The van der Waals surface area contributed by atoms with Gasteiger partial charge >= 0.3 is 0 Å². The van der Waals surface area contributed by atoms with E-state index in [0.29, 0.717) is 22.6 Å². The van der Waals surface area contributed by atoms with Gasteiger partial charge in [-0.2, -0.15) is 0 Å². The van der Waals surface area contributed by atoms with Gasteiger partial charge in [-0.15, -0.1) is 11.8 Å². The van der Waals surface area contributed by atoms with Crippen LogP contribution in [-0.4, -0.2) is 12.1 Å². The molecule has 0 bridgehead atoms. The largest absolute Gasteiger partial charge is 0.338 e. The second-order valence-electron chi connectivity index (χ2n) is 13.0. The van der Waals surface area contributed by atoms with E-state index < -0.39 is 0 Å². The lowest BCUT2D eigenvalue weighted by atomic mass is 9.94. The van der Waals surface area contributed by atoms with Crippen LogP contribution in [0.2, 0.25) is 0 Å². The van der Waals surface area contributed by atoms with Crippen LogP contribution in [0.1, 0.15) is 84.4 Å². The van der Waals surface area contributed by atoms with E-state index in [9.17, 15) is 0 Å². The molecule has 2 heterocycles. The van der Waals surface area contributed by atoms with Gasteiger partial charge in [0.2, 0.25) is 0 Å². The zero-order valence-corrected chi connectivity index (χ0v) is 26.5. The molecule has 4 unspecified atom stereocenters. The van der Waals surface area contributed by atoms with Crippen molar-refractivity contribution in [2.45, 2.75) is 76.0 Å². The van der Waals surface area contributed by atoms with E-state index in [1.54, 1.807) is 0 Å². The second-order valence-corrected chi connectivity index (χ2v) is 14.2. The van der Waals surface area contributed by atoms with Gasteiger partial charge in [-0.3, -0.25) is 0 Å². The number of nitrogens with zero attached hydrogens (tertiary/aromatic N) is 2. The van der Waals surface area contributed by atoms with Gasteiger partial charge in [0.15, 0.2) is 0 Å². The molecule has 2 nitrogen and oxygen atoms in total. The molecule has 2 aliphatic heterocycles. The molecule has 0 N–H and O–H groups in total. The minimum absolute atomic E-state index is 0.350. The second kappa shape index (κ2) is 10.5. The summed E-state index contributed by atoms with van der Waals surface area (Å²) in [5.74, 6) is 0. The van der Waals surface area contributed by atoms with Crippen LogP contribution in [0.5, 0.6) is 0 Å². The van der Waals surface area contributed by atoms with Crippen molar-refractivity contribution < 1.29 is 0 Å². The van der Waals surface area contributed by atoms with E-state index in [0.717, 1.165) is 12.8 Å². The quantitative estimate of drug-likeness (QED) is 0.237. The Kier molecular flexibility index (Phi) is 6.56. The van der Waals surface area contributed by atoms with E-state index in [2.05, 4.69) is 146 Å². The zero-order valence-electron chi connectivity index (χ0n) is 25.7. The summed E-state index contributed by atoms with van der Waals surface area (Å²) < 4.78 is 0. The van der Waals surface area contributed by atoms with Crippen molar-refractivity contribution in [2.24, 2.45) is 0 Å². The van der Waals surface area contributed by atoms with E-state index >= 15 is 0 Å². The summed E-state index contributed by atoms with van der Waals surface area (Å²) in [6.45, 7) is 9.45. The molecule has 4 aromatic rings. The van der Waals surface area contributed by atoms with Crippen molar-refractivity contribution in [1.29, 1.82) is 0 Å². The van der Waals surface area contributed by atoms with Crippen LogP contribution in [-0.2, 0) is 12.8 Å². The molecule has 0 radical (unpaired) electrons. The van der Waals surface area contributed by atoms with Crippen molar-refractivity contribution in [3.8, 4) is 0 Å². The maximum atomic E-state index is 2.61. The number of anilines is 4. The van der Waals surface area contributed by atoms with Gasteiger partial charge in [0, 0.05) is 46.0 Å². The molecule has 0 spiro atoms. The summed E-state index contributed by atoms with van der Waals surface area (Å²) >= 11 is 2.13. The number of thioether (sulfide) groups is 1. The highest BCUT2D eigenvalue weighted by molar-refractivity contribution is 8.00. The fourth-order valence-electron chi connectivity index (χ4n) is 8.04. The van der Waals surface area contributed by atoms with Crippen molar-refractivity contribution in [3.05, 3.63) is 129 Å². The van der Waals surface area contributed by atoms with Crippen LogP contribution in [0.4, 0.5) is 22.7 Å². The molecule has 216 valence electrons. The van der Waals surface area contributed by atoms with Crippen LogP contribution >= 0.6 is 11.8 Å². The Hall–Kier alpha value is -3.69. The Morgan fingerprint density at radius 2 is 0.953 bits per heavy atom. The predicted octanol–water partition coefficient (Wildman–Crippen LogP) is 11.0. The third-order valence-electron chi connectivity index (χ3n) is 10.2. The molecule has 8 rings (SSSR count). The Morgan fingerprint density at radius 1 is 0.535 bits per heavy atom. The number of fused-ring (bicyclic) bond motifs is 4. The molecule has 0 saturated heterocycles. The summed E-state index contributed by atoms with van der Waals surface area (Å²) in [5, 5.41) is 0.700. The lowest BCUT2D eigenvalue weighted by molar-refractivity contribution is 0.618. The molecule has 0 aromatic heterocycles. The monoisotopic (exact) mass is 580 g/mol. The highest BCUT2D eigenvalue weighted by Crippen LogP contribution is 2.57. The van der Waals surface area contributed by atoms with Crippen molar-refractivity contribution in [1.82, 2.24) is 0 Å². The highest BCUT2D eigenvalue weighted by atomic mass is 32.2. The Balaban J connectivity index is 1.15. The van der Waals surface area contributed by atoms with E-state index in [1.165, 1.54) is 80.1 Å². The van der Waals surface area contributed by atoms with Gasteiger partial charge in [0.05, 0.1) is 10.5 Å². The number of hydrogen-bond donors (Lipinski definition) is 0. The summed E-state index contributed by atoms with van der Waals surface area (Å²) in [5.41, 5.74) is 17.1. The van der Waals surface area contributed by atoms with Crippen molar-refractivity contribution in [2.75, 3.05) is 9.80 Å². The van der Waals surface area contributed by atoms with Crippen molar-refractivity contribution >= 4 is 46.7 Å². The molecular formula is C40H40N2S. The summed E-state index contributed by atoms with van der Waals surface area (Å²) in [6.07, 6.45) is 9.65. The van der Waals surface area contributed by atoms with Gasteiger partial charge in [0.1, 0.15) is 0 Å². The number of para-hydroxylation sites is 2. The Morgan fingerprint density at radius 3 is 1.42 bits per heavy atom. The fourth-order valence-corrected chi connectivity index (χ4v) is 9.58. The topological polar surface area (TPSA) is 6.48 Å². The maximum absolute atomic E-state index is 2.61. The number of hydrogen-bond acceptors (Lipinski definition) is 3. The van der Waals surface area contributed by atoms with Crippen LogP contribution in [0.25, 0.3) is 12.2 Å². The summed E-state index contributed by atoms with van der Waals surface area (Å²) in [6, 6.07) is 33.0. The fraction of sp³-hybridized carbons (Fsp3) is 0.300. The lowest BCUT2D eigenvalue weighted by Crippen LogP contribution is -2.33. The molecule has 3 heteroatoms. The summed E-state index contributed by atoms with van der Waals surface area (Å²) in [7, 11) is 0. The minimum Gasteiger partial charge on any atom is -0.338 e. The first-order valence-corrected chi connectivity index (χ1v) is 17.0. The molecule has 0 amide bonds. The number of rotatable bonds is 4. The van der Waals surface area contributed by atoms with Crippen LogP contribution in [0, 0.1) is 0 Å². The first-order chi connectivity index (χ1) is 21.0. The highest BCUT2D eigenvalue weighted by Gasteiger charge is 2.36. The molecule has 4 atom stereocenters. The lowest BCUT2D eigenvalue weighted by Gasteiger charge is -2.38. The van der Waals surface area contributed by atoms with Crippen molar-refractivity contribution in [3.63, 3.8) is 0 Å². The Bertz CT molecular complexity index is 1670. The predicted molar refractivity (Wildman–Crippen MR) is 186 cm³/mol. The Labute approximate surface area is 261 Å². The maximum Gasteiger partial charge on any atom is 0.0523 e. The molecule has 0 saturated carbocycles. The molecule has 4 aromatic carbocycles. The van der Waals surface area contributed by atoms with Gasteiger partial charge in [-0.05, 0) is 99.9 Å². The van der Waals surface area contributed by atoms with Crippen LogP contribution < -0.4 is 9.80 Å². The first kappa shape index (κ1) is 26.9. The van der Waals surface area contributed by atoms with Crippen LogP contribution in [0.15, 0.2) is 96.1 Å². The third-order valence-corrected chi connectivity index (χ3v) is 12.0. The first-order valence-electron chi connectivity index (χ1n) is 16.0. The average Bonchev–Trinajstić information content (AvgIpc) is 3.52. The van der Waals surface area contributed by atoms with E-state index in [1.807, 2.05) is 0 Å². The van der Waals surface area contributed by atoms with E-state index in [4.69, 9.17) is 0 Å². The SMILES string of the molecule is CC1=Cc2c(cccc2N2c3ccccc3CCC2C)C1SC1C(C)=Cc2c1cccc2N1c2ccccc2CCC1C.